The van der Waals surface area contributed by atoms with Gasteiger partial charge in [0.1, 0.15) is 11.3 Å². The Labute approximate surface area is 130 Å². The van der Waals surface area contributed by atoms with Crippen LogP contribution >= 0.6 is 11.6 Å². The number of likely N-dealkylation sites (N-methyl/N-ethyl adjacent to an activating group) is 1. The fraction of sp³-hybridized carbons (Fsp3) is 0.733. The van der Waals surface area contributed by atoms with Crippen molar-refractivity contribution < 1.29 is 0 Å². The number of fused-ring (bicyclic) bond motifs is 1. The summed E-state index contributed by atoms with van der Waals surface area (Å²) in [5.41, 5.74) is 3.21. The van der Waals surface area contributed by atoms with E-state index in [0.29, 0.717) is 11.9 Å². The van der Waals surface area contributed by atoms with Crippen LogP contribution in [0.1, 0.15) is 38.2 Å². The second-order valence-electron chi connectivity index (χ2n) is 5.79. The summed E-state index contributed by atoms with van der Waals surface area (Å²) < 4.78 is 4.25. The van der Waals surface area contributed by atoms with Crippen LogP contribution in [0.4, 0.5) is 0 Å². The van der Waals surface area contributed by atoms with Gasteiger partial charge in [0.2, 0.25) is 0 Å². The molecule has 1 unspecified atom stereocenters. The number of nitrogens with zero attached hydrogens (tertiary/aromatic N) is 5. The Kier molecular flexibility index (Phi) is 4.22. The Bertz CT molecular complexity index is 630. The summed E-state index contributed by atoms with van der Waals surface area (Å²) in [5.74, 6) is 1.42. The third-order valence-electron chi connectivity index (χ3n) is 4.62. The molecule has 21 heavy (non-hydrogen) atoms. The summed E-state index contributed by atoms with van der Waals surface area (Å²) in [7, 11) is 2.00. The van der Waals surface area contributed by atoms with E-state index in [1.165, 1.54) is 19.4 Å². The molecule has 0 aromatic carbocycles. The van der Waals surface area contributed by atoms with Crippen LogP contribution in [-0.4, -0.2) is 43.4 Å². The van der Waals surface area contributed by atoms with Crippen LogP contribution in [0.15, 0.2) is 0 Å². The minimum atomic E-state index is 0.455. The monoisotopic (exact) mass is 309 g/mol. The van der Waals surface area contributed by atoms with Crippen molar-refractivity contribution in [1.82, 2.24) is 24.2 Å². The molecule has 2 aromatic heterocycles. The molecule has 0 saturated carbocycles. The number of aromatic nitrogens is 4. The van der Waals surface area contributed by atoms with Crippen LogP contribution in [-0.2, 0) is 25.9 Å². The molecule has 0 radical (unpaired) electrons. The van der Waals surface area contributed by atoms with Gasteiger partial charge >= 0.3 is 0 Å². The van der Waals surface area contributed by atoms with Crippen LogP contribution in [0.3, 0.4) is 0 Å². The number of hydrogen-bond acceptors (Lipinski definition) is 3. The average molecular weight is 310 g/mol. The van der Waals surface area contributed by atoms with E-state index in [1.54, 1.807) is 0 Å². The summed E-state index contributed by atoms with van der Waals surface area (Å²) in [6, 6.07) is 0.592. The molecule has 0 amide bonds. The van der Waals surface area contributed by atoms with Gasteiger partial charge in [0.25, 0.3) is 0 Å². The molecule has 3 rings (SSSR count). The van der Waals surface area contributed by atoms with E-state index >= 15 is 0 Å². The number of halogens is 1. The first-order valence-corrected chi connectivity index (χ1v) is 8.44. The van der Waals surface area contributed by atoms with Crippen molar-refractivity contribution in [2.45, 2.75) is 51.6 Å². The second kappa shape index (κ2) is 5.97. The van der Waals surface area contributed by atoms with E-state index < -0.39 is 0 Å². The first kappa shape index (κ1) is 14.9. The molecule has 0 N–H and O–H groups in total. The zero-order valence-corrected chi connectivity index (χ0v) is 13.9. The summed E-state index contributed by atoms with van der Waals surface area (Å²) in [5, 5.41) is 4.59. The minimum Gasteiger partial charge on any atom is -0.310 e. The normalized spacial score (nSPS) is 19.9. The highest BCUT2D eigenvalue weighted by atomic mass is 35.5. The number of likely N-dealkylation sites (tertiary alicyclic amines) is 1. The Morgan fingerprint density at radius 3 is 2.81 bits per heavy atom. The number of imidazole rings is 1. The molecular formula is C15H24ClN5. The molecule has 0 bridgehead atoms. The smallest absolute Gasteiger partial charge is 0.158 e. The molecule has 5 nitrogen and oxygen atoms in total. The number of aryl methyl sites for hydroxylation is 2. The van der Waals surface area contributed by atoms with E-state index in [1.807, 2.05) is 11.7 Å². The van der Waals surface area contributed by atoms with Crippen molar-refractivity contribution in [2.24, 2.45) is 7.05 Å². The Morgan fingerprint density at radius 2 is 2.14 bits per heavy atom. The van der Waals surface area contributed by atoms with Gasteiger partial charge in [0.05, 0.1) is 11.6 Å². The fourth-order valence-corrected chi connectivity index (χ4v) is 3.75. The molecule has 1 fully saturated rings. The van der Waals surface area contributed by atoms with Crippen molar-refractivity contribution in [1.29, 1.82) is 0 Å². The molecule has 1 aliphatic rings. The van der Waals surface area contributed by atoms with Gasteiger partial charge in [-0.15, -0.1) is 11.6 Å². The fourth-order valence-electron chi connectivity index (χ4n) is 3.55. The van der Waals surface area contributed by atoms with Crippen LogP contribution in [0, 0.1) is 0 Å². The topological polar surface area (TPSA) is 38.9 Å². The van der Waals surface area contributed by atoms with Crippen molar-refractivity contribution in [2.75, 3.05) is 13.1 Å². The number of hydrogen-bond donors (Lipinski definition) is 0. The molecule has 1 aliphatic heterocycles. The van der Waals surface area contributed by atoms with Crippen molar-refractivity contribution in [3.63, 3.8) is 0 Å². The van der Waals surface area contributed by atoms with Gasteiger partial charge in [-0.05, 0) is 32.4 Å². The summed E-state index contributed by atoms with van der Waals surface area (Å²) in [6.45, 7) is 7.65. The average Bonchev–Trinajstić information content (AvgIpc) is 3.15. The third kappa shape index (κ3) is 2.46. The lowest BCUT2D eigenvalue weighted by atomic mass is 10.2. The molecule has 1 atom stereocenters. The van der Waals surface area contributed by atoms with Gasteiger partial charge in [-0.3, -0.25) is 9.58 Å². The number of rotatable bonds is 5. The van der Waals surface area contributed by atoms with Crippen molar-refractivity contribution in [3.05, 3.63) is 11.5 Å². The molecular weight excluding hydrogens is 286 g/mol. The lowest BCUT2D eigenvalue weighted by molar-refractivity contribution is 0.244. The van der Waals surface area contributed by atoms with Crippen LogP contribution in [0.5, 0.6) is 0 Å². The molecule has 0 spiro atoms. The Morgan fingerprint density at radius 1 is 1.33 bits per heavy atom. The van der Waals surface area contributed by atoms with Crippen molar-refractivity contribution >= 4 is 22.8 Å². The van der Waals surface area contributed by atoms with Gasteiger partial charge in [-0.2, -0.15) is 5.10 Å². The molecule has 116 valence electrons. The van der Waals surface area contributed by atoms with Crippen LogP contribution in [0.2, 0.25) is 0 Å². The van der Waals surface area contributed by atoms with E-state index in [0.717, 1.165) is 42.2 Å². The Hall–Kier alpha value is -1.07. The highest BCUT2D eigenvalue weighted by Gasteiger charge is 2.26. The maximum Gasteiger partial charge on any atom is 0.158 e. The Balaban J connectivity index is 2.02. The minimum absolute atomic E-state index is 0.455. The first-order valence-electron chi connectivity index (χ1n) is 7.90. The van der Waals surface area contributed by atoms with Gasteiger partial charge < -0.3 is 4.57 Å². The van der Waals surface area contributed by atoms with Gasteiger partial charge in [-0.1, -0.05) is 13.8 Å². The zero-order valence-electron chi connectivity index (χ0n) is 13.1. The maximum absolute atomic E-state index is 6.14. The van der Waals surface area contributed by atoms with Gasteiger partial charge in [-0.25, -0.2) is 4.98 Å². The summed E-state index contributed by atoms with van der Waals surface area (Å²) in [4.78, 5) is 7.30. The van der Waals surface area contributed by atoms with Crippen molar-refractivity contribution in [3.8, 4) is 0 Å². The van der Waals surface area contributed by atoms with E-state index in [-0.39, 0.29) is 0 Å². The first-order chi connectivity index (χ1) is 10.2. The molecule has 3 heterocycles. The van der Waals surface area contributed by atoms with Crippen LogP contribution in [0.25, 0.3) is 11.2 Å². The SMILES string of the molecule is CCc1nn(C)c2c1nc(CCl)n2CC1CCCN1CC. The zero-order chi connectivity index (χ0) is 15.0. The standard InChI is InChI=1S/C15H24ClN5/c1-4-12-14-15(19(3)18-12)21(13(9-16)17-14)10-11-7-6-8-20(11)5-2/h11H,4-10H2,1-3H3. The van der Waals surface area contributed by atoms with Gasteiger partial charge in [0, 0.05) is 19.6 Å². The highest BCUT2D eigenvalue weighted by Crippen LogP contribution is 2.25. The third-order valence-corrected chi connectivity index (χ3v) is 4.86. The predicted molar refractivity (Wildman–Crippen MR) is 85.7 cm³/mol. The van der Waals surface area contributed by atoms with E-state index in [2.05, 4.69) is 28.4 Å². The largest absolute Gasteiger partial charge is 0.310 e. The maximum atomic E-state index is 6.14. The lowest BCUT2D eigenvalue weighted by Gasteiger charge is -2.24. The van der Waals surface area contributed by atoms with Crippen LogP contribution < -0.4 is 0 Å². The highest BCUT2D eigenvalue weighted by molar-refractivity contribution is 6.16. The summed E-state index contributed by atoms with van der Waals surface area (Å²) in [6.07, 6.45) is 3.45. The second-order valence-corrected chi connectivity index (χ2v) is 6.06. The molecule has 2 aromatic rings. The number of alkyl halides is 1. The quantitative estimate of drug-likeness (QED) is 0.797. The summed E-state index contributed by atoms with van der Waals surface area (Å²) >= 11 is 6.14. The molecule has 0 aliphatic carbocycles. The van der Waals surface area contributed by atoms with E-state index in [4.69, 9.17) is 16.6 Å². The van der Waals surface area contributed by atoms with Gasteiger partial charge in [0.15, 0.2) is 5.65 Å². The van der Waals surface area contributed by atoms with E-state index in [9.17, 15) is 0 Å². The molecule has 1 saturated heterocycles. The lowest BCUT2D eigenvalue weighted by Crippen LogP contribution is -2.33. The molecule has 6 heteroatoms. The predicted octanol–water partition coefficient (Wildman–Crippen LogP) is 2.56.